The third kappa shape index (κ3) is 3.40. The van der Waals surface area contributed by atoms with Crippen molar-refractivity contribution in [2.45, 2.75) is 13.8 Å². The topological polar surface area (TPSA) is 92.9 Å². The van der Waals surface area contributed by atoms with E-state index in [0.29, 0.717) is 21.2 Å². The first-order valence-electron chi connectivity index (χ1n) is 6.62. The van der Waals surface area contributed by atoms with Crippen molar-refractivity contribution < 1.29 is 9.32 Å². The van der Waals surface area contributed by atoms with E-state index < -0.39 is 0 Å². The zero-order chi connectivity index (χ0) is 16.4. The molecule has 0 saturated carbocycles. The van der Waals surface area contributed by atoms with Gasteiger partial charge in [-0.2, -0.15) is 0 Å². The van der Waals surface area contributed by atoms with Crippen molar-refractivity contribution in [3.8, 4) is 0 Å². The summed E-state index contributed by atoms with van der Waals surface area (Å²) in [4.78, 5) is 20.7. The molecule has 0 aromatic carbocycles. The quantitative estimate of drug-likeness (QED) is 0.652. The highest BCUT2D eigenvalue weighted by molar-refractivity contribution is 9.10. The molecule has 0 aliphatic rings. The van der Waals surface area contributed by atoms with E-state index >= 15 is 0 Å². The van der Waals surface area contributed by atoms with Crippen LogP contribution in [-0.4, -0.2) is 21.0 Å². The molecular formula is C14H12BrN5O2S. The van der Waals surface area contributed by atoms with Crippen molar-refractivity contribution in [2.75, 3.05) is 10.6 Å². The predicted octanol–water partition coefficient (Wildman–Crippen LogP) is 3.90. The first-order chi connectivity index (χ1) is 11.0. The highest BCUT2D eigenvalue weighted by Crippen LogP contribution is 2.29. The molecule has 0 radical (unpaired) electrons. The molecule has 0 aliphatic carbocycles. The maximum absolute atomic E-state index is 12.4. The van der Waals surface area contributed by atoms with Crippen molar-refractivity contribution in [1.29, 1.82) is 0 Å². The molecule has 0 unspecified atom stereocenters. The second-order valence-corrected chi connectivity index (χ2v) is 6.32. The molecule has 3 heterocycles. The minimum absolute atomic E-state index is 0.289. The Kier molecular flexibility index (Phi) is 4.39. The molecule has 3 rings (SSSR count). The summed E-state index contributed by atoms with van der Waals surface area (Å²) in [5.41, 5.74) is 3.35. The molecule has 7 nitrogen and oxygen atoms in total. The van der Waals surface area contributed by atoms with Gasteiger partial charge < -0.3 is 15.2 Å². The molecule has 9 heteroatoms. The molecule has 0 spiro atoms. The summed E-state index contributed by atoms with van der Waals surface area (Å²) in [5, 5.41) is 10.4. The van der Waals surface area contributed by atoms with Gasteiger partial charge in [0, 0.05) is 0 Å². The average Bonchev–Trinajstić information content (AvgIpc) is 3.09. The normalized spacial score (nSPS) is 10.6. The summed E-state index contributed by atoms with van der Waals surface area (Å²) < 4.78 is 5.75. The first-order valence-corrected chi connectivity index (χ1v) is 8.29. The number of anilines is 3. The van der Waals surface area contributed by atoms with Crippen molar-refractivity contribution in [3.63, 3.8) is 0 Å². The van der Waals surface area contributed by atoms with Crippen LogP contribution in [0.4, 0.5) is 16.5 Å². The number of nitrogens with zero attached hydrogens (tertiary/aromatic N) is 3. The van der Waals surface area contributed by atoms with Crippen molar-refractivity contribution in [3.05, 3.63) is 45.5 Å². The number of hydrogen-bond donors (Lipinski definition) is 2. The van der Waals surface area contributed by atoms with E-state index in [-0.39, 0.29) is 11.6 Å². The van der Waals surface area contributed by atoms with Gasteiger partial charge in [0.15, 0.2) is 11.5 Å². The van der Waals surface area contributed by atoms with Crippen molar-refractivity contribution in [2.24, 2.45) is 0 Å². The van der Waals surface area contributed by atoms with E-state index in [0.717, 1.165) is 11.4 Å². The van der Waals surface area contributed by atoms with Gasteiger partial charge in [-0.3, -0.25) is 4.79 Å². The lowest BCUT2D eigenvalue weighted by molar-refractivity contribution is 0.102. The smallest absolute Gasteiger partial charge is 0.278 e. The lowest BCUT2D eigenvalue weighted by atomic mass is 10.3. The Morgan fingerprint density at radius 1 is 1.35 bits per heavy atom. The monoisotopic (exact) mass is 393 g/mol. The Labute approximate surface area is 144 Å². The van der Waals surface area contributed by atoms with Gasteiger partial charge in [0.05, 0.1) is 5.51 Å². The van der Waals surface area contributed by atoms with Gasteiger partial charge in [-0.05, 0) is 41.9 Å². The van der Waals surface area contributed by atoms with Crippen LogP contribution in [0.25, 0.3) is 0 Å². The molecular weight excluding hydrogens is 382 g/mol. The van der Waals surface area contributed by atoms with Gasteiger partial charge >= 0.3 is 0 Å². The molecule has 0 saturated heterocycles. The molecule has 3 aromatic rings. The van der Waals surface area contributed by atoms with Crippen LogP contribution in [-0.2, 0) is 0 Å². The van der Waals surface area contributed by atoms with Crippen LogP contribution in [0.1, 0.15) is 21.9 Å². The Bertz CT molecular complexity index is 841. The van der Waals surface area contributed by atoms with Gasteiger partial charge in [-0.15, -0.1) is 11.3 Å². The van der Waals surface area contributed by atoms with E-state index in [2.05, 4.69) is 41.7 Å². The zero-order valence-electron chi connectivity index (χ0n) is 12.3. The van der Waals surface area contributed by atoms with Gasteiger partial charge in [0.2, 0.25) is 0 Å². The summed E-state index contributed by atoms with van der Waals surface area (Å²) in [6, 6.07) is 5.27. The number of carbonyl (C=O) groups is 1. The molecule has 23 heavy (non-hydrogen) atoms. The standard InChI is InChI=1S/C14H12BrN5O2S/c1-7-11(8(2)22-20-7)19-14-12(16-6-23-14)13(21)18-10-5-3-4-9(15)17-10/h3-6,19H,1-2H3,(H,17,18,21). The van der Waals surface area contributed by atoms with Gasteiger partial charge in [-0.25, -0.2) is 9.97 Å². The summed E-state index contributed by atoms with van der Waals surface area (Å²) in [6.45, 7) is 3.62. The number of carbonyl (C=O) groups excluding carboxylic acids is 1. The van der Waals surface area contributed by atoms with Gasteiger partial charge in [-0.1, -0.05) is 11.2 Å². The third-order valence-corrected chi connectivity index (χ3v) is 4.19. The molecule has 3 aromatic heterocycles. The number of aryl methyl sites for hydroxylation is 2. The number of rotatable bonds is 4. The fourth-order valence-electron chi connectivity index (χ4n) is 1.92. The Morgan fingerprint density at radius 2 is 2.17 bits per heavy atom. The molecule has 0 atom stereocenters. The number of pyridine rings is 1. The summed E-state index contributed by atoms with van der Waals surface area (Å²) >= 11 is 4.59. The van der Waals surface area contributed by atoms with Crippen LogP contribution in [0, 0.1) is 13.8 Å². The maximum Gasteiger partial charge on any atom is 0.278 e. The fourth-order valence-corrected chi connectivity index (χ4v) is 2.95. The predicted molar refractivity (Wildman–Crippen MR) is 91.3 cm³/mol. The van der Waals surface area contributed by atoms with E-state index in [9.17, 15) is 4.79 Å². The second-order valence-electron chi connectivity index (χ2n) is 4.65. The van der Waals surface area contributed by atoms with Crippen LogP contribution < -0.4 is 10.6 Å². The van der Waals surface area contributed by atoms with Gasteiger partial charge in [0.1, 0.15) is 26.8 Å². The minimum atomic E-state index is -0.342. The Morgan fingerprint density at radius 3 is 2.87 bits per heavy atom. The second kappa shape index (κ2) is 6.47. The first kappa shape index (κ1) is 15.6. The molecule has 0 aliphatic heterocycles. The molecule has 0 bridgehead atoms. The highest BCUT2D eigenvalue weighted by Gasteiger charge is 2.18. The number of amides is 1. The number of nitrogens with one attached hydrogen (secondary N) is 2. The third-order valence-electron chi connectivity index (χ3n) is 3.01. The summed E-state index contributed by atoms with van der Waals surface area (Å²) in [7, 11) is 0. The number of hydrogen-bond acceptors (Lipinski definition) is 7. The van der Waals surface area contributed by atoms with Crippen LogP contribution >= 0.6 is 27.3 Å². The van der Waals surface area contributed by atoms with E-state index in [1.807, 2.05) is 6.92 Å². The SMILES string of the molecule is Cc1noc(C)c1Nc1scnc1C(=O)Nc1cccc(Br)n1. The van der Waals surface area contributed by atoms with Gasteiger partial charge in [0.25, 0.3) is 5.91 Å². The largest absolute Gasteiger partial charge is 0.359 e. The number of aromatic nitrogens is 3. The Hall–Kier alpha value is -2.26. The van der Waals surface area contributed by atoms with Crippen LogP contribution in [0.2, 0.25) is 0 Å². The molecule has 0 fully saturated rings. The average molecular weight is 394 g/mol. The van der Waals surface area contributed by atoms with E-state index in [1.165, 1.54) is 11.3 Å². The van der Waals surface area contributed by atoms with Crippen molar-refractivity contribution in [1.82, 2.24) is 15.1 Å². The lowest BCUT2D eigenvalue weighted by Crippen LogP contribution is -2.14. The van der Waals surface area contributed by atoms with E-state index in [1.54, 1.807) is 30.6 Å². The van der Waals surface area contributed by atoms with E-state index in [4.69, 9.17) is 4.52 Å². The maximum atomic E-state index is 12.4. The number of halogens is 1. The van der Waals surface area contributed by atoms with Crippen LogP contribution in [0.15, 0.2) is 32.8 Å². The number of thiazole rings is 1. The zero-order valence-corrected chi connectivity index (χ0v) is 14.7. The molecule has 1 amide bonds. The molecule has 118 valence electrons. The lowest BCUT2D eigenvalue weighted by Gasteiger charge is -2.06. The minimum Gasteiger partial charge on any atom is -0.359 e. The summed E-state index contributed by atoms with van der Waals surface area (Å²) in [5.74, 6) is 0.752. The summed E-state index contributed by atoms with van der Waals surface area (Å²) in [6.07, 6.45) is 0. The van der Waals surface area contributed by atoms with Crippen molar-refractivity contribution >= 4 is 49.7 Å². The van der Waals surface area contributed by atoms with Crippen LogP contribution in [0.3, 0.4) is 0 Å². The fraction of sp³-hybridized carbons (Fsp3) is 0.143. The van der Waals surface area contributed by atoms with Crippen LogP contribution in [0.5, 0.6) is 0 Å². The Balaban J connectivity index is 1.82. The molecule has 2 N–H and O–H groups in total. The highest BCUT2D eigenvalue weighted by atomic mass is 79.9.